The van der Waals surface area contributed by atoms with Crippen molar-refractivity contribution in [3.63, 3.8) is 0 Å². The van der Waals surface area contributed by atoms with E-state index in [1.165, 1.54) is 27.8 Å². The number of aryl methyl sites for hydroxylation is 1. The van der Waals surface area contributed by atoms with Crippen LogP contribution in [0.15, 0.2) is 53.6 Å². The summed E-state index contributed by atoms with van der Waals surface area (Å²) in [5.41, 5.74) is 6.76. The molecule has 0 unspecified atom stereocenters. The minimum absolute atomic E-state index is 1.06. The van der Waals surface area contributed by atoms with E-state index in [4.69, 9.17) is 0 Å². The van der Waals surface area contributed by atoms with Crippen molar-refractivity contribution in [3.8, 4) is 0 Å². The number of rotatable bonds is 4. The monoisotopic (exact) mass is 240 g/mol. The molecule has 18 heavy (non-hydrogen) atoms. The second kappa shape index (κ2) is 7.00. The van der Waals surface area contributed by atoms with E-state index in [9.17, 15) is 0 Å². The average molecular weight is 240 g/mol. The molecular formula is C18H24. The fourth-order valence-electron chi connectivity index (χ4n) is 2.03. The van der Waals surface area contributed by atoms with Crippen LogP contribution >= 0.6 is 0 Å². The Kier molecular flexibility index (Phi) is 5.64. The SMILES string of the molecule is C/C=C\C(=C/C(=C(C)C)c1ccccc1C)CC. The van der Waals surface area contributed by atoms with Crippen LogP contribution in [0, 0.1) is 6.92 Å². The summed E-state index contributed by atoms with van der Waals surface area (Å²) in [4.78, 5) is 0. The Morgan fingerprint density at radius 3 is 2.33 bits per heavy atom. The Bertz CT molecular complexity index is 481. The van der Waals surface area contributed by atoms with Gasteiger partial charge >= 0.3 is 0 Å². The summed E-state index contributed by atoms with van der Waals surface area (Å²) >= 11 is 0. The molecule has 0 N–H and O–H groups in total. The second-order valence-electron chi connectivity index (χ2n) is 4.80. The minimum atomic E-state index is 1.06. The normalized spacial score (nSPS) is 11.9. The Morgan fingerprint density at radius 1 is 1.17 bits per heavy atom. The fraction of sp³-hybridized carbons (Fsp3) is 0.333. The van der Waals surface area contributed by atoms with Crippen molar-refractivity contribution in [3.05, 3.63) is 64.8 Å². The van der Waals surface area contributed by atoms with Crippen molar-refractivity contribution in [2.24, 2.45) is 0 Å². The molecule has 0 heterocycles. The van der Waals surface area contributed by atoms with Gasteiger partial charge < -0.3 is 0 Å². The van der Waals surface area contributed by atoms with Gasteiger partial charge in [-0.2, -0.15) is 0 Å². The van der Waals surface area contributed by atoms with Gasteiger partial charge in [-0.25, -0.2) is 0 Å². The molecule has 0 aromatic heterocycles. The van der Waals surface area contributed by atoms with E-state index >= 15 is 0 Å². The van der Waals surface area contributed by atoms with Gasteiger partial charge in [-0.15, -0.1) is 0 Å². The molecule has 0 heteroatoms. The molecule has 0 saturated carbocycles. The first-order valence-corrected chi connectivity index (χ1v) is 6.66. The topological polar surface area (TPSA) is 0 Å². The molecule has 0 aliphatic rings. The minimum Gasteiger partial charge on any atom is -0.0874 e. The van der Waals surface area contributed by atoms with E-state index < -0.39 is 0 Å². The van der Waals surface area contributed by atoms with Crippen LogP contribution in [-0.2, 0) is 0 Å². The van der Waals surface area contributed by atoms with Crippen molar-refractivity contribution in [2.45, 2.75) is 41.0 Å². The lowest BCUT2D eigenvalue weighted by Crippen LogP contribution is -1.90. The maximum atomic E-state index is 2.32. The molecule has 0 spiro atoms. The maximum Gasteiger partial charge on any atom is -0.0155 e. The van der Waals surface area contributed by atoms with Crippen LogP contribution < -0.4 is 0 Å². The number of benzene rings is 1. The van der Waals surface area contributed by atoms with Crippen molar-refractivity contribution >= 4 is 5.57 Å². The molecule has 0 aliphatic carbocycles. The third-order valence-corrected chi connectivity index (χ3v) is 3.09. The molecule has 0 fully saturated rings. The van der Waals surface area contributed by atoms with Crippen molar-refractivity contribution < 1.29 is 0 Å². The van der Waals surface area contributed by atoms with E-state index in [-0.39, 0.29) is 0 Å². The first-order valence-electron chi connectivity index (χ1n) is 6.66. The summed E-state index contributed by atoms with van der Waals surface area (Å²) in [5, 5.41) is 0. The summed E-state index contributed by atoms with van der Waals surface area (Å²) in [6.07, 6.45) is 7.68. The highest BCUT2D eigenvalue weighted by molar-refractivity contribution is 5.79. The lowest BCUT2D eigenvalue weighted by Gasteiger charge is -2.11. The average Bonchev–Trinajstić information content (AvgIpc) is 2.35. The summed E-state index contributed by atoms with van der Waals surface area (Å²) in [6.45, 7) is 10.8. The van der Waals surface area contributed by atoms with Crippen molar-refractivity contribution in [1.82, 2.24) is 0 Å². The zero-order valence-corrected chi connectivity index (χ0v) is 12.2. The van der Waals surface area contributed by atoms with Gasteiger partial charge in [0.05, 0.1) is 0 Å². The zero-order valence-electron chi connectivity index (χ0n) is 12.2. The lowest BCUT2D eigenvalue weighted by molar-refractivity contribution is 1.15. The van der Waals surface area contributed by atoms with E-state index in [1.807, 2.05) is 0 Å². The lowest BCUT2D eigenvalue weighted by atomic mass is 9.94. The van der Waals surface area contributed by atoms with E-state index in [0.29, 0.717) is 0 Å². The Hall–Kier alpha value is -1.56. The van der Waals surface area contributed by atoms with Crippen LogP contribution in [-0.4, -0.2) is 0 Å². The van der Waals surface area contributed by atoms with Gasteiger partial charge in [-0.1, -0.05) is 55.0 Å². The van der Waals surface area contributed by atoms with Gasteiger partial charge in [0.1, 0.15) is 0 Å². The van der Waals surface area contributed by atoms with E-state index in [1.54, 1.807) is 0 Å². The van der Waals surface area contributed by atoms with Crippen LogP contribution in [0.4, 0.5) is 0 Å². The van der Waals surface area contributed by atoms with Crippen molar-refractivity contribution in [2.75, 3.05) is 0 Å². The summed E-state index contributed by atoms with van der Waals surface area (Å²) in [6, 6.07) is 8.59. The van der Waals surface area contributed by atoms with Crippen LogP contribution in [0.25, 0.3) is 5.57 Å². The van der Waals surface area contributed by atoms with Crippen LogP contribution in [0.1, 0.15) is 45.2 Å². The summed E-state index contributed by atoms with van der Waals surface area (Å²) in [7, 11) is 0. The van der Waals surface area contributed by atoms with Crippen LogP contribution in [0.3, 0.4) is 0 Å². The highest BCUT2D eigenvalue weighted by Crippen LogP contribution is 2.25. The Labute approximate surface area is 112 Å². The summed E-state index contributed by atoms with van der Waals surface area (Å²) < 4.78 is 0. The van der Waals surface area contributed by atoms with Gasteiger partial charge in [-0.05, 0) is 56.4 Å². The third kappa shape index (κ3) is 3.73. The van der Waals surface area contributed by atoms with Gasteiger partial charge in [0.25, 0.3) is 0 Å². The highest BCUT2D eigenvalue weighted by atomic mass is 14.1. The maximum absolute atomic E-state index is 2.32. The van der Waals surface area contributed by atoms with E-state index in [0.717, 1.165) is 6.42 Å². The predicted octanol–water partition coefficient (Wildman–Crippen LogP) is 5.70. The smallest absolute Gasteiger partial charge is 0.0155 e. The molecule has 0 amide bonds. The molecule has 0 atom stereocenters. The standard InChI is InChI=1S/C18H24/c1-6-10-16(7-2)13-18(14(3)4)17-12-9-8-11-15(17)5/h6,8-13H,7H2,1-5H3/b10-6-,16-13-. The van der Waals surface area contributed by atoms with Gasteiger partial charge in [0.2, 0.25) is 0 Å². The number of hydrogen-bond acceptors (Lipinski definition) is 0. The predicted molar refractivity (Wildman–Crippen MR) is 82.6 cm³/mol. The first-order chi connectivity index (χ1) is 8.60. The fourth-order valence-corrected chi connectivity index (χ4v) is 2.03. The molecular weight excluding hydrogens is 216 g/mol. The molecule has 0 bridgehead atoms. The highest BCUT2D eigenvalue weighted by Gasteiger charge is 2.04. The van der Waals surface area contributed by atoms with Gasteiger partial charge in [0.15, 0.2) is 0 Å². The quantitative estimate of drug-likeness (QED) is 0.592. The van der Waals surface area contributed by atoms with E-state index in [2.05, 4.69) is 77.1 Å². The molecule has 96 valence electrons. The Balaban J connectivity index is 3.30. The molecule has 0 aliphatic heterocycles. The molecule has 1 rings (SSSR count). The number of allylic oxidation sites excluding steroid dienone is 6. The second-order valence-corrected chi connectivity index (χ2v) is 4.80. The zero-order chi connectivity index (χ0) is 13.5. The number of hydrogen-bond donors (Lipinski definition) is 0. The molecule has 0 radical (unpaired) electrons. The van der Waals surface area contributed by atoms with Gasteiger partial charge in [-0.3, -0.25) is 0 Å². The first kappa shape index (κ1) is 14.5. The Morgan fingerprint density at radius 2 is 1.83 bits per heavy atom. The van der Waals surface area contributed by atoms with Crippen LogP contribution in [0.5, 0.6) is 0 Å². The van der Waals surface area contributed by atoms with Crippen LogP contribution in [0.2, 0.25) is 0 Å². The van der Waals surface area contributed by atoms with Crippen molar-refractivity contribution in [1.29, 1.82) is 0 Å². The molecule has 0 saturated heterocycles. The summed E-state index contributed by atoms with van der Waals surface area (Å²) in [5.74, 6) is 0. The molecule has 0 nitrogen and oxygen atoms in total. The molecule has 1 aromatic carbocycles. The van der Waals surface area contributed by atoms with Gasteiger partial charge in [0, 0.05) is 0 Å². The third-order valence-electron chi connectivity index (χ3n) is 3.09. The largest absolute Gasteiger partial charge is 0.0874 e. The molecule has 1 aromatic rings.